The molecule has 2 N–H and O–H groups in total. The van der Waals surface area contributed by atoms with Crippen molar-refractivity contribution in [1.82, 2.24) is 9.71 Å². The number of hydrogen-bond donors (Lipinski definition) is 2. The topological polar surface area (TPSA) is 101 Å². The molecule has 1 amide bonds. The van der Waals surface area contributed by atoms with Crippen molar-refractivity contribution in [3.05, 3.63) is 18.3 Å². The first-order valence-corrected chi connectivity index (χ1v) is 12.4. The lowest BCUT2D eigenvalue weighted by molar-refractivity contribution is -0.120. The van der Waals surface area contributed by atoms with Crippen LogP contribution in [0.25, 0.3) is 0 Å². The molecule has 168 valence electrons. The zero-order valence-electron chi connectivity index (χ0n) is 18.3. The van der Waals surface area contributed by atoms with Crippen LogP contribution in [0.15, 0.2) is 18.3 Å². The van der Waals surface area contributed by atoms with Crippen LogP contribution < -0.4 is 14.9 Å². The number of rotatable bonds is 6. The van der Waals surface area contributed by atoms with Gasteiger partial charge in [0.15, 0.2) is 0 Å². The molecule has 1 saturated heterocycles. The number of morpholine rings is 1. The van der Waals surface area contributed by atoms with Crippen LogP contribution in [0.1, 0.15) is 53.4 Å². The lowest BCUT2D eigenvalue weighted by Gasteiger charge is -2.36. The van der Waals surface area contributed by atoms with E-state index < -0.39 is 15.3 Å². The first-order valence-electron chi connectivity index (χ1n) is 10.8. The second-order valence-electron chi connectivity index (χ2n) is 8.82. The highest BCUT2D eigenvalue weighted by Crippen LogP contribution is 2.27. The highest BCUT2D eigenvalue weighted by molar-refractivity contribution is 7.90. The van der Waals surface area contributed by atoms with E-state index in [0.717, 1.165) is 18.9 Å². The number of amides is 1. The molecule has 0 bridgehead atoms. The van der Waals surface area contributed by atoms with E-state index in [1.807, 2.05) is 12.1 Å². The molecule has 1 aliphatic carbocycles. The van der Waals surface area contributed by atoms with Crippen LogP contribution in [0.3, 0.4) is 0 Å². The van der Waals surface area contributed by atoms with Crippen molar-refractivity contribution in [2.75, 3.05) is 23.3 Å². The summed E-state index contributed by atoms with van der Waals surface area (Å²) in [5, 5.41) is 2.51. The minimum absolute atomic E-state index is 0.0247. The van der Waals surface area contributed by atoms with Crippen LogP contribution in [0.5, 0.6) is 0 Å². The van der Waals surface area contributed by atoms with Gasteiger partial charge in [-0.05, 0) is 65.5 Å². The average molecular weight is 439 g/mol. The molecule has 0 spiro atoms. The second-order valence-corrected chi connectivity index (χ2v) is 11.1. The maximum Gasteiger partial charge on any atom is 0.227 e. The molecule has 2 heterocycles. The Bertz CT molecular complexity index is 810. The molecule has 1 aromatic rings. The average Bonchev–Trinajstić information content (AvgIpc) is 2.68. The Morgan fingerprint density at radius 2 is 1.77 bits per heavy atom. The van der Waals surface area contributed by atoms with E-state index in [1.54, 1.807) is 20.0 Å². The van der Waals surface area contributed by atoms with Crippen LogP contribution in [-0.2, 0) is 19.6 Å². The number of nitrogens with zero attached hydrogens (tertiary/aromatic N) is 2. The van der Waals surface area contributed by atoms with Gasteiger partial charge in [0.1, 0.15) is 5.82 Å². The fourth-order valence-corrected chi connectivity index (χ4v) is 5.07. The molecule has 0 radical (unpaired) electrons. The minimum Gasteiger partial charge on any atom is -0.372 e. The fraction of sp³-hybridized carbons (Fsp3) is 0.714. The summed E-state index contributed by atoms with van der Waals surface area (Å²) in [7, 11) is -3.28. The fourth-order valence-electron chi connectivity index (χ4n) is 4.10. The van der Waals surface area contributed by atoms with Crippen molar-refractivity contribution in [1.29, 1.82) is 0 Å². The minimum atomic E-state index is -3.28. The number of pyridine rings is 1. The summed E-state index contributed by atoms with van der Waals surface area (Å²) in [5.74, 6) is 0.752. The monoisotopic (exact) mass is 438 g/mol. The van der Waals surface area contributed by atoms with E-state index in [0.29, 0.717) is 31.4 Å². The largest absolute Gasteiger partial charge is 0.372 e. The SMILES string of the molecule is CC(C)S(=O)(=O)NC1CCC(C(=O)Nc2ccc(N3C[C@@H](C)O[C@@H](C)C3)nc2)CC1. The van der Waals surface area contributed by atoms with Crippen molar-refractivity contribution in [3.8, 4) is 0 Å². The van der Waals surface area contributed by atoms with Crippen molar-refractivity contribution < 1.29 is 17.9 Å². The molecule has 1 aromatic heterocycles. The molecular weight excluding hydrogens is 404 g/mol. The van der Waals surface area contributed by atoms with Crippen LogP contribution in [0.2, 0.25) is 0 Å². The predicted octanol–water partition coefficient (Wildman–Crippen LogP) is 2.52. The van der Waals surface area contributed by atoms with Crippen molar-refractivity contribution in [2.45, 2.75) is 76.9 Å². The van der Waals surface area contributed by atoms with Gasteiger partial charge in [-0.2, -0.15) is 0 Å². The van der Waals surface area contributed by atoms with Gasteiger partial charge in [-0.3, -0.25) is 4.79 Å². The highest BCUT2D eigenvalue weighted by Gasteiger charge is 2.29. The Labute approximate surface area is 179 Å². The van der Waals surface area contributed by atoms with Gasteiger partial charge < -0.3 is 15.0 Å². The predicted molar refractivity (Wildman–Crippen MR) is 118 cm³/mol. The first-order chi connectivity index (χ1) is 14.1. The summed E-state index contributed by atoms with van der Waals surface area (Å²) in [6.07, 6.45) is 4.72. The number of hydrogen-bond acceptors (Lipinski definition) is 6. The molecule has 2 fully saturated rings. The zero-order valence-corrected chi connectivity index (χ0v) is 19.1. The van der Waals surface area contributed by atoms with Gasteiger partial charge in [-0.15, -0.1) is 0 Å². The van der Waals surface area contributed by atoms with Gasteiger partial charge in [0.05, 0.1) is 29.3 Å². The van der Waals surface area contributed by atoms with E-state index in [1.165, 1.54) is 0 Å². The Morgan fingerprint density at radius 1 is 1.13 bits per heavy atom. The van der Waals surface area contributed by atoms with Crippen LogP contribution in [-0.4, -0.2) is 55.9 Å². The molecule has 8 nitrogen and oxygen atoms in total. The summed E-state index contributed by atoms with van der Waals surface area (Å²) in [5.41, 5.74) is 0.681. The molecule has 2 atom stereocenters. The van der Waals surface area contributed by atoms with Crippen molar-refractivity contribution in [2.24, 2.45) is 5.92 Å². The molecule has 2 aliphatic rings. The second kappa shape index (κ2) is 9.62. The van der Waals surface area contributed by atoms with Crippen molar-refractivity contribution >= 4 is 27.4 Å². The van der Waals surface area contributed by atoms with E-state index in [4.69, 9.17) is 4.74 Å². The molecular formula is C21H34N4O4S. The third-order valence-corrected chi connectivity index (χ3v) is 7.71. The number of sulfonamides is 1. The van der Waals surface area contributed by atoms with Gasteiger partial charge >= 0.3 is 0 Å². The van der Waals surface area contributed by atoms with E-state index in [-0.39, 0.29) is 30.1 Å². The van der Waals surface area contributed by atoms with E-state index >= 15 is 0 Å². The normalized spacial score (nSPS) is 27.8. The lowest BCUT2D eigenvalue weighted by Crippen LogP contribution is -2.45. The standard InChI is InChI=1S/C21H34N4O4S/c1-14(2)30(27,28)24-18-7-5-17(6-8-18)21(26)23-19-9-10-20(22-11-19)25-12-15(3)29-16(4)13-25/h9-11,14-18,24H,5-8,12-13H2,1-4H3,(H,23,26)/t15-,16+,17?,18?. The van der Waals surface area contributed by atoms with Crippen molar-refractivity contribution in [3.63, 3.8) is 0 Å². The molecule has 0 unspecified atom stereocenters. The summed E-state index contributed by atoms with van der Waals surface area (Å²) >= 11 is 0. The third-order valence-electron chi connectivity index (χ3n) is 5.81. The van der Waals surface area contributed by atoms with Gasteiger partial charge in [-0.25, -0.2) is 18.1 Å². The Morgan fingerprint density at radius 3 is 2.30 bits per heavy atom. The quantitative estimate of drug-likeness (QED) is 0.708. The number of aromatic nitrogens is 1. The van der Waals surface area contributed by atoms with Gasteiger partial charge in [-0.1, -0.05) is 0 Å². The summed E-state index contributed by atoms with van der Waals surface area (Å²) in [4.78, 5) is 19.4. The highest BCUT2D eigenvalue weighted by atomic mass is 32.2. The van der Waals surface area contributed by atoms with Gasteiger partial charge in [0.25, 0.3) is 0 Å². The third kappa shape index (κ3) is 5.92. The number of ether oxygens (including phenoxy) is 1. The number of nitrogens with one attached hydrogen (secondary N) is 2. The Hall–Kier alpha value is -1.71. The lowest BCUT2D eigenvalue weighted by atomic mass is 9.86. The molecule has 1 saturated carbocycles. The van der Waals surface area contributed by atoms with Gasteiger partial charge in [0.2, 0.25) is 15.9 Å². The smallest absolute Gasteiger partial charge is 0.227 e. The molecule has 3 rings (SSSR count). The van der Waals surface area contributed by atoms with E-state index in [9.17, 15) is 13.2 Å². The summed E-state index contributed by atoms with van der Waals surface area (Å²) < 4.78 is 32.6. The molecule has 30 heavy (non-hydrogen) atoms. The van der Waals surface area contributed by atoms with E-state index in [2.05, 4.69) is 33.8 Å². The Kier molecular flexibility index (Phi) is 7.36. The summed E-state index contributed by atoms with van der Waals surface area (Å²) in [6, 6.07) is 3.73. The molecule has 0 aromatic carbocycles. The number of anilines is 2. The zero-order chi connectivity index (χ0) is 21.9. The number of carbonyl (C=O) groups excluding carboxylic acids is 1. The Balaban J connectivity index is 1.50. The molecule has 1 aliphatic heterocycles. The molecule has 9 heteroatoms. The number of carbonyl (C=O) groups is 1. The summed E-state index contributed by atoms with van der Waals surface area (Å²) in [6.45, 7) is 9.04. The van der Waals surface area contributed by atoms with Crippen LogP contribution in [0.4, 0.5) is 11.5 Å². The van der Waals surface area contributed by atoms with Crippen LogP contribution in [0, 0.1) is 5.92 Å². The maximum absolute atomic E-state index is 12.6. The van der Waals surface area contributed by atoms with Crippen LogP contribution >= 0.6 is 0 Å². The van der Waals surface area contributed by atoms with Gasteiger partial charge in [0, 0.05) is 25.0 Å². The first kappa shape index (κ1) is 23.0. The maximum atomic E-state index is 12.6.